The van der Waals surface area contributed by atoms with Gasteiger partial charge in [-0.05, 0) is 29.9 Å². The van der Waals surface area contributed by atoms with Crippen molar-refractivity contribution in [3.63, 3.8) is 0 Å². The van der Waals surface area contributed by atoms with Crippen LogP contribution in [0.2, 0.25) is 0 Å². The van der Waals surface area contributed by atoms with Gasteiger partial charge in [0.2, 0.25) is 0 Å². The number of carboxylic acids is 1. The van der Waals surface area contributed by atoms with Crippen LogP contribution < -0.4 is 5.32 Å². The van der Waals surface area contributed by atoms with Gasteiger partial charge in [-0.25, -0.2) is 9.78 Å². The zero-order valence-corrected chi connectivity index (χ0v) is 9.53. The second-order valence-corrected chi connectivity index (χ2v) is 4.98. The number of anilines is 1. The average Bonchev–Trinajstić information content (AvgIpc) is 2.84. The maximum atomic E-state index is 10.9. The van der Waals surface area contributed by atoms with Crippen molar-refractivity contribution in [3.8, 4) is 0 Å². The van der Waals surface area contributed by atoms with E-state index in [9.17, 15) is 4.79 Å². The van der Waals surface area contributed by atoms with Crippen LogP contribution in [0.5, 0.6) is 0 Å². The summed E-state index contributed by atoms with van der Waals surface area (Å²) in [4.78, 5) is 15.0. The minimum Gasteiger partial charge on any atom is -0.478 e. The normalized spacial score (nSPS) is 21.5. The molecule has 1 aromatic heterocycles. The fourth-order valence-electron chi connectivity index (χ4n) is 1.86. The molecule has 0 amide bonds. The number of rotatable bonds is 4. The Hall–Kier alpha value is -1.58. The molecule has 0 bridgehead atoms. The lowest BCUT2D eigenvalue weighted by Crippen LogP contribution is -2.12. The van der Waals surface area contributed by atoms with Gasteiger partial charge in [0.15, 0.2) is 0 Å². The Morgan fingerprint density at radius 3 is 2.94 bits per heavy atom. The van der Waals surface area contributed by atoms with Gasteiger partial charge in [-0.2, -0.15) is 0 Å². The number of pyridine rings is 1. The minimum atomic E-state index is -0.939. The van der Waals surface area contributed by atoms with Crippen molar-refractivity contribution in [2.75, 3.05) is 11.9 Å². The van der Waals surface area contributed by atoms with E-state index in [2.05, 4.69) is 24.1 Å². The summed E-state index contributed by atoms with van der Waals surface area (Å²) < 4.78 is 0. The van der Waals surface area contributed by atoms with Crippen LogP contribution in [-0.4, -0.2) is 22.6 Å². The van der Waals surface area contributed by atoms with E-state index in [0.717, 1.165) is 6.54 Å². The maximum Gasteiger partial charge on any atom is 0.339 e. The molecule has 1 aliphatic carbocycles. The molecule has 1 aromatic rings. The van der Waals surface area contributed by atoms with Gasteiger partial charge in [-0.3, -0.25) is 0 Å². The lowest BCUT2D eigenvalue weighted by molar-refractivity contribution is 0.0697. The van der Waals surface area contributed by atoms with E-state index in [0.29, 0.717) is 17.2 Å². The predicted octanol–water partition coefficient (Wildman–Crippen LogP) is 2.24. The lowest BCUT2D eigenvalue weighted by atomic mass is 10.1. The quantitative estimate of drug-likeness (QED) is 0.816. The summed E-state index contributed by atoms with van der Waals surface area (Å²) >= 11 is 0. The third-order valence-electron chi connectivity index (χ3n) is 3.27. The standard InChI is InChI=1S/C12H16N2O2/c1-12(2)6-8(12)7-14-10-9(11(15)16)4-3-5-13-10/h3-5,8H,6-7H2,1-2H3,(H,13,14)(H,15,16). The molecule has 2 N–H and O–H groups in total. The molecule has 1 saturated carbocycles. The number of nitrogens with zero attached hydrogens (tertiary/aromatic N) is 1. The van der Waals surface area contributed by atoms with Crippen molar-refractivity contribution in [2.24, 2.45) is 11.3 Å². The van der Waals surface area contributed by atoms with E-state index in [1.807, 2.05) is 0 Å². The van der Waals surface area contributed by atoms with E-state index in [1.54, 1.807) is 18.3 Å². The van der Waals surface area contributed by atoms with E-state index in [-0.39, 0.29) is 5.56 Å². The number of carboxylic acid groups (broad SMARTS) is 1. The molecule has 0 spiro atoms. The number of hydrogen-bond donors (Lipinski definition) is 2. The molecule has 2 rings (SSSR count). The molecular formula is C12H16N2O2. The highest BCUT2D eigenvalue weighted by Gasteiger charge is 2.45. The zero-order chi connectivity index (χ0) is 11.8. The van der Waals surface area contributed by atoms with E-state index in [4.69, 9.17) is 5.11 Å². The Labute approximate surface area is 94.7 Å². The van der Waals surface area contributed by atoms with Gasteiger partial charge >= 0.3 is 5.97 Å². The molecule has 4 nitrogen and oxygen atoms in total. The summed E-state index contributed by atoms with van der Waals surface area (Å²) in [5.74, 6) is 0.152. The Kier molecular flexibility index (Phi) is 2.58. The first-order valence-corrected chi connectivity index (χ1v) is 5.43. The fraction of sp³-hybridized carbons (Fsp3) is 0.500. The van der Waals surface area contributed by atoms with Crippen molar-refractivity contribution < 1.29 is 9.90 Å². The second-order valence-electron chi connectivity index (χ2n) is 4.98. The molecule has 1 unspecified atom stereocenters. The Bertz CT molecular complexity index is 415. The fourth-order valence-corrected chi connectivity index (χ4v) is 1.86. The minimum absolute atomic E-state index is 0.237. The van der Waals surface area contributed by atoms with Gasteiger partial charge < -0.3 is 10.4 Å². The summed E-state index contributed by atoms with van der Waals surface area (Å²) in [7, 11) is 0. The monoisotopic (exact) mass is 220 g/mol. The Balaban J connectivity index is 2.02. The molecular weight excluding hydrogens is 204 g/mol. The first-order valence-electron chi connectivity index (χ1n) is 5.43. The van der Waals surface area contributed by atoms with Crippen LogP contribution in [0.1, 0.15) is 30.6 Å². The van der Waals surface area contributed by atoms with Crippen LogP contribution in [0.25, 0.3) is 0 Å². The van der Waals surface area contributed by atoms with E-state index >= 15 is 0 Å². The summed E-state index contributed by atoms with van der Waals surface area (Å²) in [6, 6.07) is 3.20. The SMILES string of the molecule is CC1(C)CC1CNc1ncccc1C(=O)O. The molecule has 0 aliphatic heterocycles. The molecule has 1 fully saturated rings. The molecule has 86 valence electrons. The first kappa shape index (κ1) is 10.9. The third kappa shape index (κ3) is 2.15. The summed E-state index contributed by atoms with van der Waals surface area (Å²) in [6.45, 7) is 5.23. The third-order valence-corrected chi connectivity index (χ3v) is 3.27. The molecule has 16 heavy (non-hydrogen) atoms. The van der Waals surface area contributed by atoms with Crippen molar-refractivity contribution in [1.82, 2.24) is 4.98 Å². The largest absolute Gasteiger partial charge is 0.478 e. The molecule has 1 heterocycles. The van der Waals surface area contributed by atoms with Crippen molar-refractivity contribution in [2.45, 2.75) is 20.3 Å². The van der Waals surface area contributed by atoms with Crippen LogP contribution in [0.15, 0.2) is 18.3 Å². The van der Waals surface area contributed by atoms with Crippen LogP contribution in [-0.2, 0) is 0 Å². The number of aromatic nitrogens is 1. The average molecular weight is 220 g/mol. The molecule has 0 saturated heterocycles. The highest BCUT2D eigenvalue weighted by molar-refractivity contribution is 5.92. The predicted molar refractivity (Wildman–Crippen MR) is 61.6 cm³/mol. The van der Waals surface area contributed by atoms with Crippen LogP contribution in [0.3, 0.4) is 0 Å². The molecule has 0 radical (unpaired) electrons. The maximum absolute atomic E-state index is 10.9. The first-order chi connectivity index (χ1) is 7.50. The molecule has 4 heteroatoms. The van der Waals surface area contributed by atoms with Gasteiger partial charge in [-0.15, -0.1) is 0 Å². The summed E-state index contributed by atoms with van der Waals surface area (Å²) in [5.41, 5.74) is 0.631. The van der Waals surface area contributed by atoms with Gasteiger partial charge in [0.25, 0.3) is 0 Å². The smallest absolute Gasteiger partial charge is 0.339 e. The Morgan fingerprint density at radius 2 is 2.38 bits per heavy atom. The van der Waals surface area contributed by atoms with Crippen molar-refractivity contribution in [1.29, 1.82) is 0 Å². The molecule has 1 aliphatic rings. The van der Waals surface area contributed by atoms with Crippen molar-refractivity contribution in [3.05, 3.63) is 23.9 Å². The highest BCUT2D eigenvalue weighted by Crippen LogP contribution is 2.51. The van der Waals surface area contributed by atoms with E-state index < -0.39 is 5.97 Å². The summed E-state index contributed by atoms with van der Waals surface area (Å²) in [5, 5.41) is 12.1. The number of hydrogen-bond acceptors (Lipinski definition) is 3. The Morgan fingerprint density at radius 1 is 1.69 bits per heavy atom. The van der Waals surface area contributed by atoms with Gasteiger partial charge in [0, 0.05) is 12.7 Å². The summed E-state index contributed by atoms with van der Waals surface area (Å²) in [6.07, 6.45) is 2.79. The van der Waals surface area contributed by atoms with Crippen LogP contribution >= 0.6 is 0 Å². The zero-order valence-electron chi connectivity index (χ0n) is 9.53. The molecule has 0 aromatic carbocycles. The molecule has 1 atom stereocenters. The van der Waals surface area contributed by atoms with Crippen LogP contribution in [0.4, 0.5) is 5.82 Å². The lowest BCUT2D eigenvalue weighted by Gasteiger charge is -2.08. The van der Waals surface area contributed by atoms with E-state index in [1.165, 1.54) is 6.42 Å². The van der Waals surface area contributed by atoms with Gasteiger partial charge in [-0.1, -0.05) is 13.8 Å². The number of aromatic carboxylic acids is 1. The second kappa shape index (κ2) is 3.77. The van der Waals surface area contributed by atoms with Gasteiger partial charge in [0.05, 0.1) is 0 Å². The van der Waals surface area contributed by atoms with Crippen molar-refractivity contribution >= 4 is 11.8 Å². The van der Waals surface area contributed by atoms with Gasteiger partial charge in [0.1, 0.15) is 11.4 Å². The number of nitrogens with one attached hydrogen (secondary N) is 1. The topological polar surface area (TPSA) is 62.2 Å². The highest BCUT2D eigenvalue weighted by atomic mass is 16.4. The van der Waals surface area contributed by atoms with Crippen LogP contribution in [0, 0.1) is 11.3 Å². The number of carbonyl (C=O) groups is 1.